The predicted molar refractivity (Wildman–Crippen MR) is 68.4 cm³/mol. The Balaban J connectivity index is 2.39. The quantitative estimate of drug-likeness (QED) is 0.947. The van der Waals surface area contributed by atoms with Crippen molar-refractivity contribution in [3.05, 3.63) is 40.6 Å². The summed E-state index contributed by atoms with van der Waals surface area (Å²) in [4.78, 5) is 0. The first-order valence-electron chi connectivity index (χ1n) is 5.18. The maximum Gasteiger partial charge on any atom is 0.157 e. The lowest BCUT2D eigenvalue weighted by molar-refractivity contribution is 0.199. The van der Waals surface area contributed by atoms with Crippen molar-refractivity contribution in [2.45, 2.75) is 13.0 Å². The molecule has 1 aromatic heterocycles. The van der Waals surface area contributed by atoms with Crippen LogP contribution in [0.5, 0.6) is 5.75 Å². The minimum Gasteiger partial charge on any atom is -0.493 e. The third kappa shape index (κ3) is 2.50. The van der Waals surface area contributed by atoms with Crippen LogP contribution in [-0.2, 0) is 0 Å². The number of ether oxygens (including phenoxy) is 1. The van der Waals surface area contributed by atoms with Crippen LogP contribution < -0.4 is 4.74 Å². The summed E-state index contributed by atoms with van der Waals surface area (Å²) >= 11 is 3.47. The fourth-order valence-corrected chi connectivity index (χ4v) is 2.09. The molecule has 1 heterocycles. The van der Waals surface area contributed by atoms with Crippen molar-refractivity contribution in [3.63, 3.8) is 0 Å². The molecule has 1 N–H and O–H groups in total. The topological polar surface area (TPSA) is 47.3 Å². The maximum atomic E-state index is 9.49. The van der Waals surface area contributed by atoms with Crippen molar-refractivity contribution in [1.82, 2.24) is 9.78 Å². The number of hydrogen-bond donors (Lipinski definition) is 1. The summed E-state index contributed by atoms with van der Waals surface area (Å²) in [5.41, 5.74) is 1.76. The molecule has 1 atom stereocenters. The number of nitrogens with zero attached hydrogens (tertiary/aromatic N) is 2. The molecule has 90 valence electrons. The molecule has 0 saturated heterocycles. The minimum atomic E-state index is -0.479. The van der Waals surface area contributed by atoms with Gasteiger partial charge in [0.05, 0.1) is 31.3 Å². The summed E-state index contributed by atoms with van der Waals surface area (Å²) in [7, 11) is 1.60. The van der Waals surface area contributed by atoms with Gasteiger partial charge in [0, 0.05) is 4.47 Å². The number of rotatable bonds is 3. The molecule has 17 heavy (non-hydrogen) atoms. The highest BCUT2D eigenvalue weighted by atomic mass is 79.9. The molecule has 0 aliphatic rings. The zero-order chi connectivity index (χ0) is 12.4. The Labute approximate surface area is 108 Å². The first kappa shape index (κ1) is 12.1. The smallest absolute Gasteiger partial charge is 0.157 e. The zero-order valence-corrected chi connectivity index (χ0v) is 11.2. The Morgan fingerprint density at radius 1 is 1.47 bits per heavy atom. The van der Waals surface area contributed by atoms with Crippen LogP contribution >= 0.6 is 15.9 Å². The molecule has 0 fully saturated rings. The third-order valence-electron chi connectivity index (χ3n) is 2.50. The fraction of sp³-hybridized carbons (Fsp3) is 0.250. The molecule has 0 aliphatic carbocycles. The highest BCUT2D eigenvalue weighted by Gasteiger charge is 2.08. The van der Waals surface area contributed by atoms with Crippen molar-refractivity contribution in [2.75, 3.05) is 7.11 Å². The van der Waals surface area contributed by atoms with Crippen LogP contribution in [0.1, 0.15) is 18.6 Å². The average Bonchev–Trinajstić information content (AvgIpc) is 2.77. The van der Waals surface area contributed by atoms with Gasteiger partial charge < -0.3 is 9.84 Å². The Kier molecular flexibility index (Phi) is 3.49. The largest absolute Gasteiger partial charge is 0.493 e. The van der Waals surface area contributed by atoms with Gasteiger partial charge in [-0.15, -0.1) is 0 Å². The van der Waals surface area contributed by atoms with Gasteiger partial charge in [-0.3, -0.25) is 0 Å². The first-order chi connectivity index (χ1) is 8.11. The van der Waals surface area contributed by atoms with E-state index in [1.807, 2.05) is 18.2 Å². The Hall–Kier alpha value is -1.33. The molecular weight excluding hydrogens is 284 g/mol. The van der Waals surface area contributed by atoms with Crippen LogP contribution in [0.25, 0.3) is 5.69 Å². The van der Waals surface area contributed by atoms with Gasteiger partial charge in [0.2, 0.25) is 0 Å². The third-order valence-corrected chi connectivity index (χ3v) is 3.13. The van der Waals surface area contributed by atoms with E-state index >= 15 is 0 Å². The van der Waals surface area contributed by atoms with Crippen LogP contribution in [0.3, 0.4) is 0 Å². The molecule has 5 heteroatoms. The fourth-order valence-electron chi connectivity index (χ4n) is 1.51. The first-order valence-corrected chi connectivity index (χ1v) is 5.97. The Bertz CT molecular complexity index is 523. The highest BCUT2D eigenvalue weighted by Crippen LogP contribution is 2.25. The van der Waals surface area contributed by atoms with E-state index in [1.165, 1.54) is 0 Å². The molecule has 0 spiro atoms. The average molecular weight is 297 g/mol. The highest BCUT2D eigenvalue weighted by molar-refractivity contribution is 9.10. The SMILES string of the molecule is COc1cnn(-c2ccc([C@@H](C)O)cc2Br)c1. The van der Waals surface area contributed by atoms with Gasteiger partial charge in [0.15, 0.2) is 5.75 Å². The zero-order valence-electron chi connectivity index (χ0n) is 9.59. The number of halogens is 1. The van der Waals surface area contributed by atoms with E-state index < -0.39 is 6.10 Å². The molecule has 0 aliphatic heterocycles. The number of aliphatic hydroxyl groups excluding tert-OH is 1. The van der Waals surface area contributed by atoms with E-state index in [0.29, 0.717) is 5.75 Å². The van der Waals surface area contributed by atoms with Gasteiger partial charge in [-0.05, 0) is 40.5 Å². The summed E-state index contributed by atoms with van der Waals surface area (Å²) in [6, 6.07) is 5.66. The lowest BCUT2D eigenvalue weighted by atomic mass is 10.1. The van der Waals surface area contributed by atoms with Gasteiger partial charge in [-0.25, -0.2) is 4.68 Å². The summed E-state index contributed by atoms with van der Waals surface area (Å²) in [5, 5.41) is 13.7. The molecule has 2 aromatic rings. The van der Waals surface area contributed by atoms with Gasteiger partial charge in [0.25, 0.3) is 0 Å². The van der Waals surface area contributed by atoms with Crippen LogP contribution in [0.15, 0.2) is 35.1 Å². The molecule has 0 bridgehead atoms. The lowest BCUT2D eigenvalue weighted by Crippen LogP contribution is -1.98. The molecule has 1 aromatic carbocycles. The molecule has 0 amide bonds. The van der Waals surface area contributed by atoms with E-state index in [0.717, 1.165) is 15.7 Å². The number of methoxy groups -OCH3 is 1. The van der Waals surface area contributed by atoms with E-state index in [4.69, 9.17) is 4.74 Å². The summed E-state index contributed by atoms with van der Waals surface area (Å²) in [6.07, 6.45) is 2.96. The van der Waals surface area contributed by atoms with Gasteiger partial charge in [-0.1, -0.05) is 6.07 Å². The minimum absolute atomic E-state index is 0.479. The van der Waals surface area contributed by atoms with Crippen molar-refractivity contribution >= 4 is 15.9 Å². The van der Waals surface area contributed by atoms with Crippen molar-refractivity contribution in [2.24, 2.45) is 0 Å². The van der Waals surface area contributed by atoms with Gasteiger partial charge >= 0.3 is 0 Å². The second-order valence-electron chi connectivity index (χ2n) is 3.71. The molecular formula is C12H13BrN2O2. The lowest BCUT2D eigenvalue weighted by Gasteiger charge is -2.09. The Morgan fingerprint density at radius 3 is 2.76 bits per heavy atom. The summed E-state index contributed by atoms with van der Waals surface area (Å²) in [5.74, 6) is 0.705. The van der Waals surface area contributed by atoms with Crippen LogP contribution in [0.4, 0.5) is 0 Å². The number of benzene rings is 1. The second-order valence-corrected chi connectivity index (χ2v) is 4.57. The van der Waals surface area contributed by atoms with E-state index in [1.54, 1.807) is 31.1 Å². The van der Waals surface area contributed by atoms with E-state index in [2.05, 4.69) is 21.0 Å². The molecule has 4 nitrogen and oxygen atoms in total. The van der Waals surface area contributed by atoms with Crippen LogP contribution in [-0.4, -0.2) is 22.0 Å². The van der Waals surface area contributed by atoms with Crippen molar-refractivity contribution in [3.8, 4) is 11.4 Å². The predicted octanol–water partition coefficient (Wildman–Crippen LogP) is 2.70. The molecule has 2 rings (SSSR count). The summed E-state index contributed by atoms with van der Waals surface area (Å²) < 4.78 is 7.67. The monoisotopic (exact) mass is 296 g/mol. The Morgan fingerprint density at radius 2 is 2.24 bits per heavy atom. The maximum absolute atomic E-state index is 9.49. The number of aromatic nitrogens is 2. The van der Waals surface area contributed by atoms with Crippen molar-refractivity contribution < 1.29 is 9.84 Å². The van der Waals surface area contributed by atoms with Crippen LogP contribution in [0.2, 0.25) is 0 Å². The number of hydrogen-bond acceptors (Lipinski definition) is 3. The van der Waals surface area contributed by atoms with Crippen molar-refractivity contribution in [1.29, 1.82) is 0 Å². The number of aliphatic hydroxyl groups is 1. The van der Waals surface area contributed by atoms with Gasteiger partial charge in [0.1, 0.15) is 0 Å². The molecule has 0 unspecified atom stereocenters. The summed E-state index contributed by atoms with van der Waals surface area (Å²) in [6.45, 7) is 1.73. The van der Waals surface area contributed by atoms with Gasteiger partial charge in [-0.2, -0.15) is 5.10 Å². The van der Waals surface area contributed by atoms with E-state index in [9.17, 15) is 5.11 Å². The van der Waals surface area contributed by atoms with E-state index in [-0.39, 0.29) is 0 Å². The van der Waals surface area contributed by atoms with Crippen LogP contribution in [0, 0.1) is 0 Å². The normalized spacial score (nSPS) is 12.5. The molecule has 0 radical (unpaired) electrons. The standard InChI is InChI=1S/C12H13BrN2O2/c1-8(16)9-3-4-12(11(13)5-9)15-7-10(17-2)6-14-15/h3-8,16H,1-2H3/t8-/m1/s1. The second kappa shape index (κ2) is 4.89. The molecule has 0 saturated carbocycles.